The fourth-order valence-electron chi connectivity index (χ4n) is 2.70. The van der Waals surface area contributed by atoms with E-state index in [0.717, 1.165) is 50.3 Å². The number of carbonyl (C=O) groups is 1. The van der Waals surface area contributed by atoms with Crippen molar-refractivity contribution < 1.29 is 14.6 Å². The lowest BCUT2D eigenvalue weighted by molar-refractivity contribution is -0.138. The van der Waals surface area contributed by atoms with Gasteiger partial charge in [-0.15, -0.1) is 0 Å². The Kier molecular flexibility index (Phi) is 5.87. The lowest BCUT2D eigenvalue weighted by Gasteiger charge is -2.31. The minimum absolute atomic E-state index is 0.314. The van der Waals surface area contributed by atoms with E-state index >= 15 is 0 Å². The number of likely N-dealkylation sites (tertiary alicyclic amines) is 1. The number of piperidine rings is 1. The Morgan fingerprint density at radius 3 is 2.57 bits per heavy atom. The van der Waals surface area contributed by atoms with Crippen LogP contribution < -0.4 is 10.5 Å². The monoisotopic (exact) mass is 292 g/mol. The SMILES string of the molecule is Nc1ccc(OCCCN2CCC(CC(=O)O)CC2)cc1. The molecule has 5 heteroatoms. The van der Waals surface area contributed by atoms with E-state index in [-0.39, 0.29) is 0 Å². The normalized spacial score (nSPS) is 16.8. The molecule has 0 aromatic heterocycles. The summed E-state index contributed by atoms with van der Waals surface area (Å²) < 4.78 is 5.67. The Labute approximate surface area is 125 Å². The van der Waals surface area contributed by atoms with E-state index < -0.39 is 5.97 Å². The third kappa shape index (κ3) is 5.63. The van der Waals surface area contributed by atoms with Crippen LogP contribution in [0.25, 0.3) is 0 Å². The maximum absolute atomic E-state index is 10.7. The molecule has 21 heavy (non-hydrogen) atoms. The molecule has 1 heterocycles. The van der Waals surface area contributed by atoms with Crippen molar-refractivity contribution in [3.63, 3.8) is 0 Å². The highest BCUT2D eigenvalue weighted by Crippen LogP contribution is 2.20. The van der Waals surface area contributed by atoms with Crippen LogP contribution in [-0.2, 0) is 4.79 Å². The van der Waals surface area contributed by atoms with Gasteiger partial charge in [0, 0.05) is 18.7 Å². The van der Waals surface area contributed by atoms with Crippen molar-refractivity contribution in [1.82, 2.24) is 4.90 Å². The smallest absolute Gasteiger partial charge is 0.303 e. The van der Waals surface area contributed by atoms with Gasteiger partial charge in [-0.25, -0.2) is 0 Å². The maximum Gasteiger partial charge on any atom is 0.303 e. The second-order valence-corrected chi connectivity index (χ2v) is 5.65. The summed E-state index contributed by atoms with van der Waals surface area (Å²) in [6, 6.07) is 7.44. The fraction of sp³-hybridized carbons (Fsp3) is 0.562. The number of carboxylic acids is 1. The summed E-state index contributed by atoms with van der Waals surface area (Å²) in [5.41, 5.74) is 6.36. The molecule has 0 bridgehead atoms. The number of carboxylic acid groups (broad SMARTS) is 1. The van der Waals surface area contributed by atoms with E-state index in [1.165, 1.54) is 0 Å². The molecule has 0 amide bonds. The Morgan fingerprint density at radius 2 is 1.95 bits per heavy atom. The lowest BCUT2D eigenvalue weighted by Crippen LogP contribution is -2.35. The fourth-order valence-corrected chi connectivity index (χ4v) is 2.70. The summed E-state index contributed by atoms with van der Waals surface area (Å²) in [6.07, 6.45) is 3.28. The molecule has 1 aliphatic rings. The summed E-state index contributed by atoms with van der Waals surface area (Å²) in [4.78, 5) is 13.1. The van der Waals surface area contributed by atoms with Crippen molar-refractivity contribution in [2.75, 3.05) is 32.0 Å². The van der Waals surface area contributed by atoms with Gasteiger partial charge in [0.25, 0.3) is 0 Å². The molecule has 3 N–H and O–H groups in total. The second kappa shape index (κ2) is 7.88. The first-order chi connectivity index (χ1) is 10.1. The van der Waals surface area contributed by atoms with Crippen molar-refractivity contribution in [3.8, 4) is 5.75 Å². The quantitative estimate of drug-likeness (QED) is 0.595. The number of benzene rings is 1. The molecule has 1 aliphatic heterocycles. The summed E-state index contributed by atoms with van der Waals surface area (Å²) >= 11 is 0. The van der Waals surface area contributed by atoms with Gasteiger partial charge < -0.3 is 20.5 Å². The first-order valence-corrected chi connectivity index (χ1v) is 7.56. The first kappa shape index (κ1) is 15.6. The third-order valence-corrected chi connectivity index (χ3v) is 3.94. The van der Waals surface area contributed by atoms with E-state index in [0.29, 0.717) is 18.9 Å². The third-order valence-electron chi connectivity index (χ3n) is 3.94. The van der Waals surface area contributed by atoms with Crippen molar-refractivity contribution in [1.29, 1.82) is 0 Å². The molecule has 0 radical (unpaired) electrons. The molecule has 2 rings (SSSR count). The molecule has 1 aromatic rings. The summed E-state index contributed by atoms with van der Waals surface area (Å²) in [5, 5.41) is 8.79. The summed E-state index contributed by atoms with van der Waals surface area (Å²) in [5.74, 6) is 0.527. The number of nitrogens with zero attached hydrogens (tertiary/aromatic N) is 1. The highest BCUT2D eigenvalue weighted by atomic mass is 16.5. The second-order valence-electron chi connectivity index (χ2n) is 5.65. The van der Waals surface area contributed by atoms with Crippen LogP contribution in [0.5, 0.6) is 5.75 Å². The number of rotatable bonds is 7. The Morgan fingerprint density at radius 1 is 1.29 bits per heavy atom. The van der Waals surface area contributed by atoms with Gasteiger partial charge in [0.05, 0.1) is 6.61 Å². The number of nitrogen functional groups attached to an aromatic ring is 1. The topological polar surface area (TPSA) is 75.8 Å². The molecule has 0 unspecified atom stereocenters. The van der Waals surface area contributed by atoms with E-state index in [9.17, 15) is 4.79 Å². The molecule has 1 fully saturated rings. The molecular weight excluding hydrogens is 268 g/mol. The average Bonchev–Trinajstić information content (AvgIpc) is 2.46. The molecule has 5 nitrogen and oxygen atoms in total. The van der Waals surface area contributed by atoms with Crippen LogP contribution in [0.4, 0.5) is 5.69 Å². The molecule has 0 saturated carbocycles. The van der Waals surface area contributed by atoms with E-state index in [4.69, 9.17) is 15.6 Å². The van der Waals surface area contributed by atoms with Gasteiger partial charge in [-0.2, -0.15) is 0 Å². The zero-order valence-corrected chi connectivity index (χ0v) is 12.3. The van der Waals surface area contributed by atoms with Crippen LogP contribution in [0.1, 0.15) is 25.7 Å². The molecule has 1 saturated heterocycles. The molecule has 1 aromatic carbocycles. The minimum atomic E-state index is -0.676. The Hall–Kier alpha value is -1.75. The Balaban J connectivity index is 1.57. The van der Waals surface area contributed by atoms with Crippen molar-refractivity contribution in [2.24, 2.45) is 5.92 Å². The van der Waals surface area contributed by atoms with Crippen LogP contribution in [-0.4, -0.2) is 42.2 Å². The van der Waals surface area contributed by atoms with Gasteiger partial charge in [0.1, 0.15) is 5.75 Å². The van der Waals surface area contributed by atoms with Gasteiger partial charge in [0.15, 0.2) is 0 Å². The molecule has 116 valence electrons. The zero-order valence-electron chi connectivity index (χ0n) is 12.3. The summed E-state index contributed by atoms with van der Waals surface area (Å²) in [6.45, 7) is 3.70. The largest absolute Gasteiger partial charge is 0.494 e. The van der Waals surface area contributed by atoms with Gasteiger partial charge in [-0.1, -0.05) is 0 Å². The highest BCUT2D eigenvalue weighted by molar-refractivity contribution is 5.67. The standard InChI is InChI=1S/C16H24N2O3/c17-14-2-4-15(5-3-14)21-11-1-8-18-9-6-13(7-10-18)12-16(19)20/h2-5,13H,1,6-12,17H2,(H,19,20). The van der Waals surface area contributed by atoms with Crippen molar-refractivity contribution >= 4 is 11.7 Å². The molecule has 0 atom stereocenters. The van der Waals surface area contributed by atoms with E-state index in [2.05, 4.69) is 4.90 Å². The highest BCUT2D eigenvalue weighted by Gasteiger charge is 2.20. The molecule has 0 spiro atoms. The predicted molar refractivity (Wildman–Crippen MR) is 82.4 cm³/mol. The number of aliphatic carboxylic acids is 1. The Bertz CT molecular complexity index is 439. The maximum atomic E-state index is 10.7. The molecular formula is C16H24N2O3. The first-order valence-electron chi connectivity index (χ1n) is 7.56. The van der Waals surface area contributed by atoms with E-state index in [1.807, 2.05) is 24.3 Å². The van der Waals surface area contributed by atoms with Crippen LogP contribution in [0.2, 0.25) is 0 Å². The van der Waals surface area contributed by atoms with E-state index in [1.54, 1.807) is 0 Å². The average molecular weight is 292 g/mol. The zero-order chi connectivity index (χ0) is 15.1. The van der Waals surface area contributed by atoms with Gasteiger partial charge in [-0.05, 0) is 62.5 Å². The lowest BCUT2D eigenvalue weighted by atomic mass is 9.93. The van der Waals surface area contributed by atoms with Crippen molar-refractivity contribution in [3.05, 3.63) is 24.3 Å². The van der Waals surface area contributed by atoms with Crippen LogP contribution in [0.3, 0.4) is 0 Å². The summed E-state index contributed by atoms with van der Waals surface area (Å²) in [7, 11) is 0. The number of nitrogens with two attached hydrogens (primary N) is 1. The van der Waals surface area contributed by atoms with Crippen LogP contribution in [0.15, 0.2) is 24.3 Å². The minimum Gasteiger partial charge on any atom is -0.494 e. The predicted octanol–water partition coefficient (Wildman–Crippen LogP) is 2.22. The van der Waals surface area contributed by atoms with Crippen molar-refractivity contribution in [2.45, 2.75) is 25.7 Å². The number of anilines is 1. The van der Waals surface area contributed by atoms with Gasteiger partial charge in [0.2, 0.25) is 0 Å². The number of hydrogen-bond acceptors (Lipinski definition) is 4. The van der Waals surface area contributed by atoms with Gasteiger partial charge >= 0.3 is 5.97 Å². The molecule has 0 aliphatic carbocycles. The number of hydrogen-bond donors (Lipinski definition) is 2. The van der Waals surface area contributed by atoms with Gasteiger partial charge in [-0.3, -0.25) is 4.79 Å². The number of ether oxygens (including phenoxy) is 1. The van der Waals surface area contributed by atoms with Crippen LogP contribution in [0, 0.1) is 5.92 Å². The van der Waals surface area contributed by atoms with Crippen LogP contribution >= 0.6 is 0 Å².